The van der Waals surface area contributed by atoms with Crippen molar-refractivity contribution in [3.63, 3.8) is 0 Å². The molecule has 2 N–H and O–H groups in total. The van der Waals surface area contributed by atoms with Crippen molar-refractivity contribution in [3.8, 4) is 5.75 Å². The van der Waals surface area contributed by atoms with Gasteiger partial charge in [0.05, 0.1) is 28.6 Å². The Balaban J connectivity index is 1.62. The molecule has 0 unspecified atom stereocenters. The van der Waals surface area contributed by atoms with Crippen LogP contribution in [0.2, 0.25) is 0 Å². The number of nitrogens with zero attached hydrogens (tertiary/aromatic N) is 3. The van der Waals surface area contributed by atoms with Crippen molar-refractivity contribution in [1.29, 1.82) is 0 Å². The second-order valence-electron chi connectivity index (χ2n) is 7.02. The summed E-state index contributed by atoms with van der Waals surface area (Å²) in [6.45, 7) is 4.39. The van der Waals surface area contributed by atoms with Gasteiger partial charge in [0.15, 0.2) is 0 Å². The van der Waals surface area contributed by atoms with Gasteiger partial charge in [-0.3, -0.25) is 4.68 Å². The van der Waals surface area contributed by atoms with Crippen LogP contribution in [-0.4, -0.2) is 38.6 Å². The highest BCUT2D eigenvalue weighted by Crippen LogP contribution is 2.30. The van der Waals surface area contributed by atoms with Crippen LogP contribution in [0.4, 0.5) is 19.0 Å². The number of anilines is 1. The van der Waals surface area contributed by atoms with E-state index in [-0.39, 0.29) is 6.61 Å². The molecule has 0 atom stereocenters. The highest BCUT2D eigenvalue weighted by atomic mass is 19.4. The maximum absolute atomic E-state index is 12.6. The first-order valence-electron chi connectivity index (χ1n) is 8.70. The maximum atomic E-state index is 12.6. The lowest BCUT2D eigenvalue weighted by Gasteiger charge is -2.18. The first-order valence-corrected chi connectivity index (χ1v) is 8.70. The molecule has 0 bridgehead atoms. The van der Waals surface area contributed by atoms with Gasteiger partial charge < -0.3 is 15.2 Å². The first-order chi connectivity index (χ1) is 13.1. The molecule has 28 heavy (non-hydrogen) atoms. The Kier molecular flexibility index (Phi) is 5.46. The van der Waals surface area contributed by atoms with E-state index < -0.39 is 17.3 Å². The number of hydrogen-bond acceptors (Lipinski definition) is 5. The van der Waals surface area contributed by atoms with Crippen molar-refractivity contribution in [1.82, 2.24) is 14.8 Å². The molecule has 0 spiro atoms. The SMILES string of the molecule is CC(C)(O)CNc1nccc2nn(CCOc3ccc(C(F)(F)F)cc3)cc12. The van der Waals surface area contributed by atoms with Gasteiger partial charge in [-0.2, -0.15) is 18.3 Å². The lowest BCUT2D eigenvalue weighted by molar-refractivity contribution is -0.137. The van der Waals surface area contributed by atoms with E-state index in [1.807, 2.05) is 6.20 Å². The van der Waals surface area contributed by atoms with Crippen molar-refractivity contribution < 1.29 is 23.0 Å². The van der Waals surface area contributed by atoms with E-state index in [1.54, 1.807) is 30.8 Å². The molecule has 9 heteroatoms. The number of pyridine rings is 1. The number of fused-ring (bicyclic) bond motifs is 1. The van der Waals surface area contributed by atoms with Crippen LogP contribution in [0.5, 0.6) is 5.75 Å². The molecule has 0 aliphatic heterocycles. The van der Waals surface area contributed by atoms with E-state index in [0.717, 1.165) is 23.0 Å². The van der Waals surface area contributed by atoms with Crippen LogP contribution in [0.15, 0.2) is 42.7 Å². The van der Waals surface area contributed by atoms with Gasteiger partial charge in [0.25, 0.3) is 0 Å². The normalized spacial score (nSPS) is 12.4. The van der Waals surface area contributed by atoms with E-state index in [1.165, 1.54) is 12.1 Å². The number of alkyl halides is 3. The van der Waals surface area contributed by atoms with Crippen molar-refractivity contribution in [2.75, 3.05) is 18.5 Å². The second-order valence-corrected chi connectivity index (χ2v) is 7.02. The van der Waals surface area contributed by atoms with Crippen LogP contribution in [0.25, 0.3) is 10.9 Å². The van der Waals surface area contributed by atoms with Crippen molar-refractivity contribution in [3.05, 3.63) is 48.3 Å². The highest BCUT2D eigenvalue weighted by Gasteiger charge is 2.30. The third-order valence-corrected chi connectivity index (χ3v) is 3.94. The van der Waals surface area contributed by atoms with Crippen molar-refractivity contribution in [2.24, 2.45) is 0 Å². The third kappa shape index (κ3) is 5.13. The van der Waals surface area contributed by atoms with Crippen LogP contribution < -0.4 is 10.1 Å². The minimum atomic E-state index is -4.36. The Morgan fingerprint density at radius 3 is 2.50 bits per heavy atom. The topological polar surface area (TPSA) is 72.2 Å². The number of aliphatic hydroxyl groups is 1. The van der Waals surface area contributed by atoms with Crippen molar-refractivity contribution >= 4 is 16.7 Å². The predicted octanol–water partition coefficient (Wildman–Crippen LogP) is 3.71. The van der Waals surface area contributed by atoms with Crippen molar-refractivity contribution in [2.45, 2.75) is 32.2 Å². The molecule has 3 rings (SSSR count). The summed E-state index contributed by atoms with van der Waals surface area (Å²) in [5, 5.41) is 18.2. The second kappa shape index (κ2) is 7.67. The molecule has 6 nitrogen and oxygen atoms in total. The Morgan fingerprint density at radius 1 is 1.14 bits per heavy atom. The zero-order valence-electron chi connectivity index (χ0n) is 15.5. The molecule has 2 heterocycles. The van der Waals surface area contributed by atoms with Gasteiger partial charge in [0.2, 0.25) is 0 Å². The van der Waals surface area contributed by atoms with Crippen LogP contribution in [0.1, 0.15) is 19.4 Å². The monoisotopic (exact) mass is 394 g/mol. The molecule has 0 fully saturated rings. The fraction of sp³-hybridized carbons (Fsp3) is 0.368. The van der Waals surface area contributed by atoms with Gasteiger partial charge in [-0.15, -0.1) is 0 Å². The van der Waals surface area contributed by atoms with E-state index in [0.29, 0.717) is 24.7 Å². The van der Waals surface area contributed by atoms with Gasteiger partial charge in [-0.25, -0.2) is 4.98 Å². The Hall–Kier alpha value is -2.81. The number of rotatable bonds is 7. The van der Waals surface area contributed by atoms with Gasteiger partial charge >= 0.3 is 6.18 Å². The summed E-state index contributed by atoms with van der Waals surface area (Å²) in [6, 6.07) is 6.35. The number of benzene rings is 1. The van der Waals surface area contributed by atoms with E-state index in [4.69, 9.17) is 4.74 Å². The van der Waals surface area contributed by atoms with E-state index in [2.05, 4.69) is 15.4 Å². The van der Waals surface area contributed by atoms with Crippen LogP contribution in [-0.2, 0) is 12.7 Å². The molecule has 2 aromatic heterocycles. The Bertz CT molecular complexity index is 931. The fourth-order valence-electron chi connectivity index (χ4n) is 2.55. The molecule has 0 aliphatic rings. The lowest BCUT2D eigenvalue weighted by Crippen LogP contribution is -2.29. The zero-order chi connectivity index (χ0) is 20.4. The molecule has 0 saturated heterocycles. The van der Waals surface area contributed by atoms with Crippen LogP contribution in [0.3, 0.4) is 0 Å². The van der Waals surface area contributed by atoms with E-state index >= 15 is 0 Å². The average molecular weight is 394 g/mol. The molecule has 150 valence electrons. The number of ether oxygens (including phenoxy) is 1. The third-order valence-electron chi connectivity index (χ3n) is 3.94. The molecule has 1 aromatic carbocycles. The molecule has 0 aliphatic carbocycles. The largest absolute Gasteiger partial charge is 0.492 e. The fourth-order valence-corrected chi connectivity index (χ4v) is 2.55. The summed E-state index contributed by atoms with van der Waals surface area (Å²) in [5.74, 6) is 0.980. The molecule has 3 aromatic rings. The average Bonchev–Trinajstić information content (AvgIpc) is 3.02. The van der Waals surface area contributed by atoms with Gasteiger partial charge in [-0.05, 0) is 44.2 Å². The number of hydrogen-bond donors (Lipinski definition) is 2. The minimum absolute atomic E-state index is 0.249. The smallest absolute Gasteiger partial charge is 0.416 e. The summed E-state index contributed by atoms with van der Waals surface area (Å²) >= 11 is 0. The highest BCUT2D eigenvalue weighted by molar-refractivity contribution is 5.88. The maximum Gasteiger partial charge on any atom is 0.416 e. The summed E-state index contributed by atoms with van der Waals surface area (Å²) in [5.41, 5.74) is -0.852. The Morgan fingerprint density at radius 2 is 1.86 bits per heavy atom. The van der Waals surface area contributed by atoms with Gasteiger partial charge in [0, 0.05) is 18.9 Å². The van der Waals surface area contributed by atoms with Gasteiger partial charge in [-0.1, -0.05) is 0 Å². The zero-order valence-corrected chi connectivity index (χ0v) is 15.5. The van der Waals surface area contributed by atoms with Crippen LogP contribution >= 0.6 is 0 Å². The first kappa shape index (κ1) is 19.9. The minimum Gasteiger partial charge on any atom is -0.492 e. The summed E-state index contributed by atoms with van der Waals surface area (Å²) in [4.78, 5) is 4.28. The molecular weight excluding hydrogens is 373 g/mol. The van der Waals surface area contributed by atoms with Gasteiger partial charge in [0.1, 0.15) is 18.2 Å². The summed E-state index contributed by atoms with van der Waals surface area (Å²) < 4.78 is 44.9. The van der Waals surface area contributed by atoms with E-state index in [9.17, 15) is 18.3 Å². The number of halogens is 3. The molecular formula is C19H21F3N4O2. The number of aromatic nitrogens is 3. The van der Waals surface area contributed by atoms with Crippen LogP contribution in [0, 0.1) is 0 Å². The Labute approximate surface area is 160 Å². The quantitative estimate of drug-likeness (QED) is 0.639. The molecule has 0 radical (unpaired) electrons. The standard InChI is InChI=1S/C19H21F3N4O2/c1-18(2,27)12-24-17-15-11-26(25-16(15)7-8-23-17)9-10-28-14-5-3-13(4-6-14)19(20,21)22/h3-8,11,27H,9-10,12H2,1-2H3,(H,23,24). The molecule has 0 amide bonds. The lowest BCUT2D eigenvalue weighted by atomic mass is 10.1. The number of nitrogens with one attached hydrogen (secondary N) is 1. The predicted molar refractivity (Wildman–Crippen MR) is 99.3 cm³/mol. The summed E-state index contributed by atoms with van der Waals surface area (Å²) in [7, 11) is 0. The summed E-state index contributed by atoms with van der Waals surface area (Å²) in [6.07, 6.45) is -0.922. The molecule has 0 saturated carbocycles.